The fraction of sp³-hybridized carbons (Fsp3) is 0.217. The molecule has 3 aromatic rings. The molecule has 0 bridgehead atoms. The topological polar surface area (TPSA) is 94.1 Å². The van der Waals surface area contributed by atoms with Crippen LogP contribution in [-0.2, 0) is 17.8 Å². The van der Waals surface area contributed by atoms with Crippen molar-refractivity contribution in [2.24, 2.45) is 0 Å². The van der Waals surface area contributed by atoms with Crippen LogP contribution < -0.4 is 19.5 Å². The van der Waals surface area contributed by atoms with E-state index in [0.29, 0.717) is 36.7 Å². The molecule has 1 aromatic heterocycles. The van der Waals surface area contributed by atoms with E-state index in [0.717, 1.165) is 20.0 Å². The van der Waals surface area contributed by atoms with E-state index in [1.807, 2.05) is 12.1 Å². The Labute approximate surface area is 197 Å². The van der Waals surface area contributed by atoms with Gasteiger partial charge in [-0.25, -0.2) is 4.79 Å². The molecule has 1 unspecified atom stereocenters. The molecule has 0 saturated carbocycles. The molecule has 0 saturated heterocycles. The summed E-state index contributed by atoms with van der Waals surface area (Å²) < 4.78 is 17.7. The molecular weight excluding hydrogens is 498 g/mol. The Morgan fingerprint density at radius 2 is 2.03 bits per heavy atom. The van der Waals surface area contributed by atoms with Crippen LogP contribution in [0.5, 0.6) is 17.2 Å². The molecule has 7 nitrogen and oxygen atoms in total. The quantitative estimate of drug-likeness (QED) is 0.453. The van der Waals surface area contributed by atoms with Gasteiger partial charge in [0.2, 0.25) is 0 Å². The third-order valence-corrected chi connectivity index (χ3v) is 6.59. The zero-order valence-electron chi connectivity index (χ0n) is 17.1. The molecule has 2 aromatic carbocycles. The molecule has 1 amide bonds. The molecule has 9 heteroatoms. The molecular formula is C23H20BrNO6S. The highest BCUT2D eigenvalue weighted by Crippen LogP contribution is 2.31. The number of fused-ring (bicyclic) bond motifs is 1. The van der Waals surface area contributed by atoms with Crippen LogP contribution in [0.2, 0.25) is 0 Å². The van der Waals surface area contributed by atoms with Crippen LogP contribution in [0.25, 0.3) is 0 Å². The van der Waals surface area contributed by atoms with E-state index in [4.69, 9.17) is 14.2 Å². The molecule has 0 radical (unpaired) electrons. The molecule has 0 aliphatic carbocycles. The Morgan fingerprint density at radius 3 is 2.75 bits per heavy atom. The molecule has 0 fully saturated rings. The lowest BCUT2D eigenvalue weighted by molar-refractivity contribution is -0.139. The summed E-state index contributed by atoms with van der Waals surface area (Å²) >= 11 is 4.99. The SMILES string of the molecule is COc1cc(C(=O)NC(C(=O)O)c2ccc3c(c2)CCO3)ccc1OCc1ccc(Br)s1. The molecule has 4 rings (SSSR count). The molecule has 1 aliphatic heterocycles. The maximum Gasteiger partial charge on any atom is 0.330 e. The van der Waals surface area contributed by atoms with Gasteiger partial charge in [0.15, 0.2) is 17.5 Å². The minimum Gasteiger partial charge on any atom is -0.493 e. The van der Waals surface area contributed by atoms with Crippen molar-refractivity contribution >= 4 is 39.1 Å². The molecule has 32 heavy (non-hydrogen) atoms. The van der Waals surface area contributed by atoms with Crippen molar-refractivity contribution in [1.29, 1.82) is 0 Å². The van der Waals surface area contributed by atoms with Gasteiger partial charge >= 0.3 is 5.97 Å². The summed E-state index contributed by atoms with van der Waals surface area (Å²) in [6, 6.07) is 12.6. The number of carbonyl (C=O) groups excluding carboxylic acids is 1. The van der Waals surface area contributed by atoms with Crippen LogP contribution in [0, 0.1) is 0 Å². The lowest BCUT2D eigenvalue weighted by Gasteiger charge is -2.17. The van der Waals surface area contributed by atoms with Gasteiger partial charge in [0.25, 0.3) is 5.91 Å². The average molecular weight is 518 g/mol. The zero-order chi connectivity index (χ0) is 22.7. The summed E-state index contributed by atoms with van der Waals surface area (Å²) in [4.78, 5) is 25.7. The smallest absolute Gasteiger partial charge is 0.330 e. The van der Waals surface area contributed by atoms with E-state index >= 15 is 0 Å². The highest BCUT2D eigenvalue weighted by Gasteiger charge is 2.25. The second-order valence-corrected chi connectivity index (χ2v) is 9.62. The molecule has 1 aliphatic rings. The number of carboxylic acids is 1. The van der Waals surface area contributed by atoms with Crippen molar-refractivity contribution in [3.8, 4) is 17.2 Å². The number of carbonyl (C=O) groups is 2. The van der Waals surface area contributed by atoms with Gasteiger partial charge in [0.1, 0.15) is 12.4 Å². The van der Waals surface area contributed by atoms with Crippen LogP contribution in [0.4, 0.5) is 0 Å². The van der Waals surface area contributed by atoms with E-state index in [2.05, 4.69) is 21.2 Å². The summed E-state index contributed by atoms with van der Waals surface area (Å²) in [5.74, 6) is -0.0521. The lowest BCUT2D eigenvalue weighted by Crippen LogP contribution is -2.33. The number of rotatable bonds is 8. The predicted octanol–water partition coefficient (Wildman–Crippen LogP) is 4.59. The van der Waals surface area contributed by atoms with Crippen molar-refractivity contribution in [1.82, 2.24) is 5.32 Å². The Bertz CT molecular complexity index is 1160. The third kappa shape index (κ3) is 4.89. The molecule has 0 spiro atoms. The van der Waals surface area contributed by atoms with E-state index in [1.54, 1.807) is 41.7 Å². The zero-order valence-corrected chi connectivity index (χ0v) is 19.5. The standard InChI is InChI=1S/C23H20BrNO6S/c1-29-19-11-15(3-6-18(19)31-12-16-4-7-20(24)32-16)22(26)25-21(23(27)28)14-2-5-17-13(10-14)8-9-30-17/h2-7,10-11,21H,8-9,12H2,1H3,(H,25,26)(H,27,28). The Kier molecular flexibility index (Phi) is 6.66. The largest absolute Gasteiger partial charge is 0.493 e. The maximum atomic E-state index is 12.8. The number of thiophene rings is 1. The van der Waals surface area contributed by atoms with Gasteiger partial charge in [-0.2, -0.15) is 0 Å². The van der Waals surface area contributed by atoms with E-state index < -0.39 is 17.9 Å². The third-order valence-electron chi connectivity index (χ3n) is 4.99. The highest BCUT2D eigenvalue weighted by molar-refractivity contribution is 9.11. The minimum absolute atomic E-state index is 0.267. The van der Waals surface area contributed by atoms with Gasteiger partial charge in [-0.05, 0) is 69.5 Å². The normalized spacial score (nSPS) is 13.1. The monoisotopic (exact) mass is 517 g/mol. The van der Waals surface area contributed by atoms with Crippen molar-refractivity contribution in [3.05, 3.63) is 73.9 Å². The van der Waals surface area contributed by atoms with Crippen LogP contribution in [-0.4, -0.2) is 30.7 Å². The number of nitrogens with one attached hydrogen (secondary N) is 1. The molecule has 2 N–H and O–H groups in total. The van der Waals surface area contributed by atoms with Gasteiger partial charge in [-0.15, -0.1) is 11.3 Å². The molecule has 166 valence electrons. The van der Waals surface area contributed by atoms with E-state index in [9.17, 15) is 14.7 Å². The summed E-state index contributed by atoms with van der Waals surface area (Å²) in [6.07, 6.45) is 0.713. The number of aliphatic carboxylic acids is 1. The summed E-state index contributed by atoms with van der Waals surface area (Å²) in [5, 5.41) is 12.3. The van der Waals surface area contributed by atoms with Gasteiger partial charge in [0, 0.05) is 16.9 Å². The number of ether oxygens (including phenoxy) is 3. The summed E-state index contributed by atoms with van der Waals surface area (Å²) in [5.41, 5.74) is 1.69. The van der Waals surface area contributed by atoms with Crippen molar-refractivity contribution in [3.63, 3.8) is 0 Å². The van der Waals surface area contributed by atoms with Crippen LogP contribution >= 0.6 is 27.3 Å². The van der Waals surface area contributed by atoms with E-state index in [1.165, 1.54) is 13.2 Å². The van der Waals surface area contributed by atoms with Crippen LogP contribution in [0.15, 0.2) is 52.3 Å². The average Bonchev–Trinajstić information content (AvgIpc) is 3.43. The van der Waals surface area contributed by atoms with Gasteiger partial charge in [0.05, 0.1) is 17.5 Å². The highest BCUT2D eigenvalue weighted by atomic mass is 79.9. The second-order valence-electron chi connectivity index (χ2n) is 7.07. The first kappa shape index (κ1) is 22.2. The fourth-order valence-electron chi connectivity index (χ4n) is 3.39. The van der Waals surface area contributed by atoms with Crippen molar-refractivity contribution in [2.45, 2.75) is 19.1 Å². The minimum atomic E-state index is -1.19. The summed E-state index contributed by atoms with van der Waals surface area (Å²) in [6.45, 7) is 0.933. The van der Waals surface area contributed by atoms with E-state index in [-0.39, 0.29) is 5.56 Å². The Balaban J connectivity index is 1.49. The second kappa shape index (κ2) is 9.62. The number of methoxy groups -OCH3 is 1. The van der Waals surface area contributed by atoms with Gasteiger partial charge in [-0.3, -0.25) is 4.79 Å². The number of hydrogen-bond donors (Lipinski definition) is 2. The van der Waals surface area contributed by atoms with Crippen LogP contribution in [0.1, 0.15) is 32.4 Å². The number of amides is 1. The maximum absolute atomic E-state index is 12.8. The fourth-order valence-corrected chi connectivity index (χ4v) is 4.79. The molecule has 2 heterocycles. The number of benzene rings is 2. The number of carboxylic acid groups (broad SMARTS) is 1. The van der Waals surface area contributed by atoms with Crippen LogP contribution in [0.3, 0.4) is 0 Å². The Morgan fingerprint density at radius 1 is 1.19 bits per heavy atom. The first-order valence-electron chi connectivity index (χ1n) is 9.79. The van der Waals surface area contributed by atoms with Crippen molar-refractivity contribution < 1.29 is 28.9 Å². The van der Waals surface area contributed by atoms with Crippen molar-refractivity contribution in [2.75, 3.05) is 13.7 Å². The first-order valence-corrected chi connectivity index (χ1v) is 11.4. The van der Waals surface area contributed by atoms with Gasteiger partial charge in [-0.1, -0.05) is 6.07 Å². The van der Waals surface area contributed by atoms with Gasteiger partial charge < -0.3 is 24.6 Å². The number of halogens is 1. The number of hydrogen-bond acceptors (Lipinski definition) is 6. The molecule has 1 atom stereocenters. The lowest BCUT2D eigenvalue weighted by atomic mass is 10.0. The first-order chi connectivity index (χ1) is 15.4. The summed E-state index contributed by atoms with van der Waals surface area (Å²) in [7, 11) is 1.48. The Hall–Kier alpha value is -3.04. The predicted molar refractivity (Wildman–Crippen MR) is 123 cm³/mol.